The summed E-state index contributed by atoms with van der Waals surface area (Å²) in [6.07, 6.45) is 7.23. The quantitative estimate of drug-likeness (QED) is 0.758. The number of imidazole rings is 1. The van der Waals surface area contributed by atoms with Gasteiger partial charge in [-0.25, -0.2) is 4.98 Å². The number of nitrogens with zero attached hydrogens (tertiary/aromatic N) is 2. The molecule has 3 heteroatoms. The third-order valence-corrected chi connectivity index (χ3v) is 3.78. The van der Waals surface area contributed by atoms with Crippen molar-refractivity contribution in [3.63, 3.8) is 0 Å². The molecule has 3 nitrogen and oxygen atoms in total. The molecule has 1 aromatic heterocycles. The number of rotatable bonds is 1. The van der Waals surface area contributed by atoms with E-state index in [0.29, 0.717) is 5.92 Å². The van der Waals surface area contributed by atoms with Gasteiger partial charge in [-0.15, -0.1) is 0 Å². The van der Waals surface area contributed by atoms with Gasteiger partial charge in [0.2, 0.25) is 0 Å². The maximum atomic E-state index is 9.35. The van der Waals surface area contributed by atoms with Crippen LogP contribution >= 0.6 is 0 Å². The fraction of sp³-hybridized carbons (Fsp3) is 0.750. The van der Waals surface area contributed by atoms with E-state index in [2.05, 4.69) is 4.57 Å². The summed E-state index contributed by atoms with van der Waals surface area (Å²) >= 11 is 0. The van der Waals surface area contributed by atoms with Crippen LogP contribution in [0.15, 0.2) is 0 Å². The van der Waals surface area contributed by atoms with Crippen molar-refractivity contribution >= 4 is 0 Å². The lowest BCUT2D eigenvalue weighted by molar-refractivity contribution is 0.237. The van der Waals surface area contributed by atoms with E-state index >= 15 is 0 Å². The number of aryl methyl sites for hydroxylation is 1. The minimum atomic E-state index is 0.260. The molecule has 0 spiro atoms. The van der Waals surface area contributed by atoms with Crippen LogP contribution in [-0.4, -0.2) is 21.3 Å². The number of aliphatic hydroxyl groups is 1. The van der Waals surface area contributed by atoms with E-state index in [9.17, 15) is 5.11 Å². The first-order valence-corrected chi connectivity index (χ1v) is 6.09. The zero-order valence-corrected chi connectivity index (χ0v) is 9.08. The highest BCUT2D eigenvalue weighted by Gasteiger charge is 2.27. The lowest BCUT2D eigenvalue weighted by Crippen LogP contribution is -2.20. The Morgan fingerprint density at radius 1 is 1.27 bits per heavy atom. The number of hydrogen-bond acceptors (Lipinski definition) is 2. The number of aliphatic hydroxyl groups excluding tert-OH is 1. The molecular weight excluding hydrogens is 188 g/mol. The Balaban J connectivity index is 2.06. The summed E-state index contributed by atoms with van der Waals surface area (Å²) < 4.78 is 2.39. The lowest BCUT2D eigenvalue weighted by Gasteiger charge is -2.23. The lowest BCUT2D eigenvalue weighted by atomic mass is 9.99. The third-order valence-electron chi connectivity index (χ3n) is 3.78. The zero-order chi connectivity index (χ0) is 10.3. The first-order valence-electron chi connectivity index (χ1n) is 6.09. The Morgan fingerprint density at radius 3 is 3.00 bits per heavy atom. The predicted octanol–water partition coefficient (Wildman–Crippen LogP) is 1.63. The van der Waals surface area contributed by atoms with Crippen LogP contribution < -0.4 is 0 Å². The van der Waals surface area contributed by atoms with Crippen molar-refractivity contribution < 1.29 is 5.11 Å². The molecule has 0 saturated heterocycles. The molecule has 1 aliphatic heterocycles. The molecule has 2 aliphatic rings. The van der Waals surface area contributed by atoms with Crippen molar-refractivity contribution in [1.29, 1.82) is 0 Å². The molecule has 0 amide bonds. The van der Waals surface area contributed by atoms with Gasteiger partial charge in [-0.3, -0.25) is 0 Å². The fourth-order valence-corrected chi connectivity index (χ4v) is 2.98. The van der Waals surface area contributed by atoms with Gasteiger partial charge < -0.3 is 9.67 Å². The van der Waals surface area contributed by atoms with E-state index in [1.807, 2.05) is 0 Å². The summed E-state index contributed by atoms with van der Waals surface area (Å²) in [5, 5.41) is 9.35. The second kappa shape index (κ2) is 3.63. The zero-order valence-electron chi connectivity index (χ0n) is 9.08. The first kappa shape index (κ1) is 9.40. The van der Waals surface area contributed by atoms with Gasteiger partial charge in [-0.1, -0.05) is 0 Å². The topological polar surface area (TPSA) is 38.0 Å². The highest BCUT2D eigenvalue weighted by Crippen LogP contribution is 2.31. The summed E-state index contributed by atoms with van der Waals surface area (Å²) in [6.45, 7) is 1.38. The largest absolute Gasteiger partial charge is 0.396 e. The Labute approximate surface area is 90.1 Å². The minimum absolute atomic E-state index is 0.260. The third kappa shape index (κ3) is 1.41. The monoisotopic (exact) mass is 206 g/mol. The molecule has 1 aromatic rings. The predicted molar refractivity (Wildman–Crippen MR) is 57.9 cm³/mol. The average Bonchev–Trinajstić information content (AvgIpc) is 2.67. The molecular formula is C12H18N2O. The summed E-state index contributed by atoms with van der Waals surface area (Å²) in [5.41, 5.74) is 2.78. The van der Waals surface area contributed by atoms with Crippen LogP contribution in [0.2, 0.25) is 0 Å². The maximum Gasteiger partial charge on any atom is 0.114 e. The standard InChI is InChI=1S/C12H18N2O/c15-8-9-4-3-7-14-11-6-2-1-5-10(11)13-12(9)14/h9,15H,1-8H2/t9-/m1/s1. The van der Waals surface area contributed by atoms with Crippen LogP contribution in [0.25, 0.3) is 0 Å². The van der Waals surface area contributed by atoms with Gasteiger partial charge in [0.1, 0.15) is 5.82 Å². The number of hydrogen-bond donors (Lipinski definition) is 1. The Kier molecular flexibility index (Phi) is 2.28. The average molecular weight is 206 g/mol. The van der Waals surface area contributed by atoms with E-state index in [4.69, 9.17) is 4.98 Å². The molecule has 0 aromatic carbocycles. The van der Waals surface area contributed by atoms with E-state index in [0.717, 1.165) is 25.2 Å². The Hall–Kier alpha value is -0.830. The van der Waals surface area contributed by atoms with Gasteiger partial charge >= 0.3 is 0 Å². The molecule has 82 valence electrons. The van der Waals surface area contributed by atoms with Crippen LogP contribution in [0, 0.1) is 0 Å². The second-order valence-electron chi connectivity index (χ2n) is 4.74. The van der Waals surface area contributed by atoms with Gasteiger partial charge in [0.05, 0.1) is 12.3 Å². The molecule has 0 unspecified atom stereocenters. The molecule has 3 rings (SSSR count). The van der Waals surface area contributed by atoms with Crippen molar-refractivity contribution in [2.24, 2.45) is 0 Å². The summed E-state index contributed by atoms with van der Waals surface area (Å²) in [6, 6.07) is 0. The fourth-order valence-electron chi connectivity index (χ4n) is 2.98. The van der Waals surface area contributed by atoms with Crippen LogP contribution in [0.1, 0.15) is 48.8 Å². The Bertz CT molecular complexity index is 370. The van der Waals surface area contributed by atoms with Crippen molar-refractivity contribution in [2.45, 2.75) is 51.0 Å². The van der Waals surface area contributed by atoms with Gasteiger partial charge in [0.15, 0.2) is 0 Å². The van der Waals surface area contributed by atoms with Gasteiger partial charge in [-0.05, 0) is 38.5 Å². The SMILES string of the molecule is OC[C@H]1CCCn2c1nc1c2CCCC1. The molecule has 2 heterocycles. The molecule has 1 atom stereocenters. The van der Waals surface area contributed by atoms with Gasteiger partial charge in [0.25, 0.3) is 0 Å². The van der Waals surface area contributed by atoms with E-state index in [-0.39, 0.29) is 6.61 Å². The van der Waals surface area contributed by atoms with E-state index in [1.165, 1.54) is 37.1 Å². The second-order valence-corrected chi connectivity index (χ2v) is 4.74. The molecule has 0 radical (unpaired) electrons. The molecule has 1 aliphatic carbocycles. The molecule has 0 saturated carbocycles. The van der Waals surface area contributed by atoms with Crippen LogP contribution in [-0.2, 0) is 19.4 Å². The van der Waals surface area contributed by atoms with Crippen LogP contribution in [0.3, 0.4) is 0 Å². The normalized spacial score (nSPS) is 24.7. The van der Waals surface area contributed by atoms with Gasteiger partial charge in [-0.2, -0.15) is 0 Å². The maximum absolute atomic E-state index is 9.35. The number of fused-ring (bicyclic) bond motifs is 3. The van der Waals surface area contributed by atoms with Gasteiger partial charge in [0, 0.05) is 18.2 Å². The molecule has 0 bridgehead atoms. The van der Waals surface area contributed by atoms with E-state index < -0.39 is 0 Å². The summed E-state index contributed by atoms with van der Waals surface area (Å²) in [7, 11) is 0. The minimum Gasteiger partial charge on any atom is -0.396 e. The van der Waals surface area contributed by atoms with Crippen molar-refractivity contribution in [3.05, 3.63) is 17.2 Å². The van der Waals surface area contributed by atoms with Crippen molar-refractivity contribution in [1.82, 2.24) is 9.55 Å². The summed E-state index contributed by atoms with van der Waals surface area (Å²) in [4.78, 5) is 4.75. The molecule has 15 heavy (non-hydrogen) atoms. The molecule has 0 fully saturated rings. The van der Waals surface area contributed by atoms with Crippen molar-refractivity contribution in [2.75, 3.05) is 6.61 Å². The summed E-state index contributed by atoms with van der Waals surface area (Å²) in [5.74, 6) is 1.46. The Morgan fingerprint density at radius 2 is 2.13 bits per heavy atom. The molecule has 1 N–H and O–H groups in total. The highest BCUT2D eigenvalue weighted by atomic mass is 16.3. The van der Waals surface area contributed by atoms with Crippen LogP contribution in [0.4, 0.5) is 0 Å². The smallest absolute Gasteiger partial charge is 0.114 e. The highest BCUT2D eigenvalue weighted by molar-refractivity contribution is 5.23. The van der Waals surface area contributed by atoms with Crippen LogP contribution in [0.5, 0.6) is 0 Å². The van der Waals surface area contributed by atoms with Crippen molar-refractivity contribution in [3.8, 4) is 0 Å². The first-order chi connectivity index (χ1) is 7.40. The number of aromatic nitrogens is 2. The van der Waals surface area contributed by atoms with E-state index in [1.54, 1.807) is 0 Å².